The van der Waals surface area contributed by atoms with Gasteiger partial charge in [-0.1, -0.05) is 27.7 Å². The highest BCUT2D eigenvalue weighted by atomic mass is 14.8. The maximum Gasteiger partial charge on any atom is 0.115 e. The van der Waals surface area contributed by atoms with Crippen LogP contribution in [0.25, 0.3) is 0 Å². The van der Waals surface area contributed by atoms with Crippen molar-refractivity contribution in [1.82, 2.24) is 9.97 Å². The van der Waals surface area contributed by atoms with Gasteiger partial charge in [0.2, 0.25) is 0 Å². The summed E-state index contributed by atoms with van der Waals surface area (Å²) in [7, 11) is 0. The predicted molar refractivity (Wildman–Crippen MR) is 49.9 cm³/mol. The second-order valence-corrected chi connectivity index (χ2v) is 4.26. The summed E-state index contributed by atoms with van der Waals surface area (Å²) in [4.78, 5) is 8.02. The van der Waals surface area contributed by atoms with E-state index in [0.717, 1.165) is 0 Å². The van der Waals surface area contributed by atoms with Gasteiger partial charge in [-0.25, -0.2) is 9.97 Å². The third kappa shape index (κ3) is 2.03. The first-order valence-electron chi connectivity index (χ1n) is 4.26. The lowest BCUT2D eigenvalue weighted by Crippen LogP contribution is -2.15. The Kier molecular flexibility index (Phi) is 2.46. The van der Waals surface area contributed by atoms with Crippen molar-refractivity contribution in [3.05, 3.63) is 24.3 Å². The molecule has 0 amide bonds. The van der Waals surface area contributed by atoms with Crippen LogP contribution in [0.3, 0.4) is 0 Å². The van der Waals surface area contributed by atoms with Crippen LogP contribution in [0.1, 0.15) is 39.2 Å². The van der Waals surface area contributed by atoms with Gasteiger partial charge in [0, 0.05) is 12.4 Å². The van der Waals surface area contributed by atoms with Crippen LogP contribution in [0.2, 0.25) is 0 Å². The van der Waals surface area contributed by atoms with Crippen LogP contribution in [-0.4, -0.2) is 9.97 Å². The lowest BCUT2D eigenvalue weighted by Gasteiger charge is -2.26. The number of aromatic nitrogens is 2. The molecule has 1 unspecified atom stereocenters. The fraction of sp³-hybridized carbons (Fsp3) is 0.600. The highest BCUT2D eigenvalue weighted by Gasteiger charge is 2.21. The minimum Gasteiger partial charge on any atom is -0.245 e. The minimum atomic E-state index is 0.282. The molecule has 0 aliphatic carbocycles. The molecule has 1 rings (SSSR count). The van der Waals surface area contributed by atoms with Crippen LogP contribution in [0.4, 0.5) is 0 Å². The van der Waals surface area contributed by atoms with E-state index in [1.807, 2.05) is 12.4 Å². The molecule has 1 heterocycles. The fourth-order valence-corrected chi connectivity index (χ4v) is 1.03. The Bertz CT molecular complexity index is 236. The van der Waals surface area contributed by atoms with Crippen molar-refractivity contribution < 1.29 is 0 Å². The molecule has 0 aromatic carbocycles. The molecule has 0 fully saturated rings. The van der Waals surface area contributed by atoms with Crippen molar-refractivity contribution in [1.29, 1.82) is 0 Å². The smallest absolute Gasteiger partial charge is 0.115 e. The SMILES string of the molecule is CC(c1cncnc1)C(C)(C)C. The lowest BCUT2D eigenvalue weighted by atomic mass is 9.79. The van der Waals surface area contributed by atoms with Crippen molar-refractivity contribution in [2.45, 2.75) is 33.6 Å². The normalized spacial score (nSPS) is 14.3. The Morgan fingerprint density at radius 2 is 1.67 bits per heavy atom. The molecule has 0 aliphatic heterocycles. The van der Waals surface area contributed by atoms with Crippen molar-refractivity contribution in [3.8, 4) is 0 Å². The van der Waals surface area contributed by atoms with E-state index in [1.165, 1.54) is 5.56 Å². The molecule has 12 heavy (non-hydrogen) atoms. The molecule has 2 heteroatoms. The van der Waals surface area contributed by atoms with Gasteiger partial charge in [0.15, 0.2) is 0 Å². The van der Waals surface area contributed by atoms with Crippen LogP contribution in [-0.2, 0) is 0 Å². The molecule has 0 radical (unpaired) electrons. The van der Waals surface area contributed by atoms with Gasteiger partial charge < -0.3 is 0 Å². The summed E-state index contributed by atoms with van der Waals surface area (Å²) in [6.07, 6.45) is 5.35. The monoisotopic (exact) mass is 164 g/mol. The molecule has 0 aliphatic rings. The molecule has 1 atom stereocenters. The molecule has 66 valence electrons. The second kappa shape index (κ2) is 3.21. The van der Waals surface area contributed by atoms with Crippen LogP contribution in [0.15, 0.2) is 18.7 Å². The molecule has 0 saturated carbocycles. The Labute approximate surface area is 74.1 Å². The van der Waals surface area contributed by atoms with Crippen LogP contribution in [0.5, 0.6) is 0 Å². The molecule has 0 saturated heterocycles. The summed E-state index contributed by atoms with van der Waals surface area (Å²) in [5.74, 6) is 0.499. The van der Waals surface area contributed by atoms with E-state index in [9.17, 15) is 0 Å². The van der Waals surface area contributed by atoms with Gasteiger partial charge in [-0.2, -0.15) is 0 Å². The summed E-state index contributed by atoms with van der Waals surface area (Å²) < 4.78 is 0. The second-order valence-electron chi connectivity index (χ2n) is 4.26. The zero-order valence-electron chi connectivity index (χ0n) is 8.20. The first-order chi connectivity index (χ1) is 5.52. The standard InChI is InChI=1S/C10H16N2/c1-8(10(2,3)4)9-5-11-7-12-6-9/h5-8H,1-4H3. The highest BCUT2D eigenvalue weighted by Crippen LogP contribution is 2.33. The molecule has 0 bridgehead atoms. The lowest BCUT2D eigenvalue weighted by molar-refractivity contribution is 0.338. The van der Waals surface area contributed by atoms with E-state index in [1.54, 1.807) is 6.33 Å². The number of rotatable bonds is 1. The maximum atomic E-state index is 4.01. The van der Waals surface area contributed by atoms with Crippen LogP contribution in [0, 0.1) is 5.41 Å². The van der Waals surface area contributed by atoms with Gasteiger partial charge in [-0.05, 0) is 16.9 Å². The first kappa shape index (κ1) is 9.17. The fourth-order valence-electron chi connectivity index (χ4n) is 1.03. The Hall–Kier alpha value is -0.920. The minimum absolute atomic E-state index is 0.282. The van der Waals surface area contributed by atoms with Crippen molar-refractivity contribution in [2.24, 2.45) is 5.41 Å². The van der Waals surface area contributed by atoms with Gasteiger partial charge in [0.1, 0.15) is 6.33 Å². The molecule has 1 aromatic rings. The Morgan fingerprint density at radius 1 is 1.17 bits per heavy atom. The van der Waals surface area contributed by atoms with Crippen molar-refractivity contribution in [3.63, 3.8) is 0 Å². The zero-order valence-corrected chi connectivity index (χ0v) is 8.20. The van der Waals surface area contributed by atoms with E-state index in [0.29, 0.717) is 5.92 Å². The van der Waals surface area contributed by atoms with Gasteiger partial charge in [-0.3, -0.25) is 0 Å². The third-order valence-corrected chi connectivity index (χ3v) is 2.38. The van der Waals surface area contributed by atoms with Gasteiger partial charge >= 0.3 is 0 Å². The van der Waals surface area contributed by atoms with E-state index >= 15 is 0 Å². The first-order valence-corrected chi connectivity index (χ1v) is 4.26. The number of hydrogen-bond donors (Lipinski definition) is 0. The summed E-state index contributed by atoms with van der Waals surface area (Å²) in [6.45, 7) is 8.89. The summed E-state index contributed by atoms with van der Waals surface area (Å²) in [6, 6.07) is 0. The Morgan fingerprint density at radius 3 is 2.08 bits per heavy atom. The average molecular weight is 164 g/mol. The van der Waals surface area contributed by atoms with E-state index < -0.39 is 0 Å². The van der Waals surface area contributed by atoms with Crippen LogP contribution >= 0.6 is 0 Å². The van der Waals surface area contributed by atoms with E-state index in [2.05, 4.69) is 37.7 Å². The number of hydrogen-bond acceptors (Lipinski definition) is 2. The molecule has 0 N–H and O–H groups in total. The molecule has 0 spiro atoms. The number of nitrogens with zero attached hydrogens (tertiary/aromatic N) is 2. The molecule has 2 nitrogen and oxygen atoms in total. The predicted octanol–water partition coefficient (Wildman–Crippen LogP) is 2.63. The summed E-state index contributed by atoms with van der Waals surface area (Å²) in [5, 5.41) is 0. The van der Waals surface area contributed by atoms with Crippen molar-refractivity contribution in [2.75, 3.05) is 0 Å². The highest BCUT2D eigenvalue weighted by molar-refractivity contribution is 5.11. The summed E-state index contributed by atoms with van der Waals surface area (Å²) in [5.41, 5.74) is 1.50. The van der Waals surface area contributed by atoms with Crippen molar-refractivity contribution >= 4 is 0 Å². The maximum absolute atomic E-state index is 4.01. The Balaban J connectivity index is 2.86. The van der Waals surface area contributed by atoms with Gasteiger partial charge in [0.25, 0.3) is 0 Å². The third-order valence-electron chi connectivity index (χ3n) is 2.38. The topological polar surface area (TPSA) is 25.8 Å². The molecular formula is C10H16N2. The van der Waals surface area contributed by atoms with Gasteiger partial charge in [0.05, 0.1) is 0 Å². The largest absolute Gasteiger partial charge is 0.245 e. The molecular weight excluding hydrogens is 148 g/mol. The van der Waals surface area contributed by atoms with Crippen LogP contribution < -0.4 is 0 Å². The van der Waals surface area contributed by atoms with E-state index in [4.69, 9.17) is 0 Å². The summed E-state index contributed by atoms with van der Waals surface area (Å²) >= 11 is 0. The van der Waals surface area contributed by atoms with E-state index in [-0.39, 0.29) is 5.41 Å². The van der Waals surface area contributed by atoms with Gasteiger partial charge in [-0.15, -0.1) is 0 Å². The quantitative estimate of drug-likeness (QED) is 0.637. The average Bonchev–Trinajstić information content (AvgIpc) is 2.03. The molecule has 1 aromatic heterocycles. The zero-order chi connectivity index (χ0) is 9.19.